The zero-order valence-electron chi connectivity index (χ0n) is 7.43. The summed E-state index contributed by atoms with van der Waals surface area (Å²) in [6, 6.07) is 3.85. The maximum absolute atomic E-state index is 5.69. The van der Waals surface area contributed by atoms with E-state index < -0.39 is 0 Å². The molecule has 1 rings (SSSR count). The minimum absolute atomic E-state index is 0.454. The maximum atomic E-state index is 5.69. The highest BCUT2D eigenvalue weighted by atomic mass is 79.9. The van der Waals surface area contributed by atoms with Crippen LogP contribution in [-0.2, 0) is 0 Å². The van der Waals surface area contributed by atoms with Gasteiger partial charge in [-0.25, -0.2) is 4.98 Å². The van der Waals surface area contributed by atoms with Crippen molar-refractivity contribution in [3.63, 3.8) is 0 Å². The molecule has 0 saturated carbocycles. The summed E-state index contributed by atoms with van der Waals surface area (Å²) in [5.41, 5.74) is 0. The van der Waals surface area contributed by atoms with Gasteiger partial charge in [-0.1, -0.05) is 6.92 Å². The van der Waals surface area contributed by atoms with Crippen LogP contribution in [0.3, 0.4) is 0 Å². The Morgan fingerprint density at radius 1 is 1.69 bits per heavy atom. The Hall–Kier alpha value is -0.280. The van der Waals surface area contributed by atoms with Crippen molar-refractivity contribution in [2.45, 2.75) is 6.92 Å². The van der Waals surface area contributed by atoms with E-state index >= 15 is 0 Å². The van der Waals surface area contributed by atoms with Gasteiger partial charge >= 0.3 is 0 Å². The van der Waals surface area contributed by atoms with Crippen molar-refractivity contribution in [2.75, 3.05) is 17.7 Å². The van der Waals surface area contributed by atoms with Gasteiger partial charge in [-0.3, -0.25) is 0 Å². The van der Waals surface area contributed by atoms with Gasteiger partial charge in [0, 0.05) is 18.6 Å². The van der Waals surface area contributed by atoms with Gasteiger partial charge in [0.05, 0.1) is 4.47 Å². The minimum atomic E-state index is 0.454. The van der Waals surface area contributed by atoms with Crippen molar-refractivity contribution < 1.29 is 0 Å². The topological polar surface area (TPSA) is 24.9 Å². The quantitative estimate of drug-likeness (QED) is 0.844. The molecule has 1 atom stereocenters. The third-order valence-corrected chi connectivity index (χ3v) is 2.81. The van der Waals surface area contributed by atoms with Gasteiger partial charge in [-0.05, 0) is 34.0 Å². The summed E-state index contributed by atoms with van der Waals surface area (Å²) >= 11 is 9.10. The number of alkyl halides is 1. The maximum Gasteiger partial charge on any atom is 0.140 e. The van der Waals surface area contributed by atoms with Crippen LogP contribution in [-0.4, -0.2) is 17.4 Å². The molecule has 0 aliphatic rings. The molecule has 2 nitrogen and oxygen atoms in total. The molecule has 13 heavy (non-hydrogen) atoms. The number of hydrogen-bond acceptors (Lipinski definition) is 2. The van der Waals surface area contributed by atoms with Crippen LogP contribution < -0.4 is 5.32 Å². The van der Waals surface area contributed by atoms with Gasteiger partial charge < -0.3 is 5.32 Å². The fourth-order valence-electron chi connectivity index (χ4n) is 0.841. The van der Waals surface area contributed by atoms with Gasteiger partial charge in [0.2, 0.25) is 0 Å². The van der Waals surface area contributed by atoms with Crippen molar-refractivity contribution in [3.8, 4) is 0 Å². The van der Waals surface area contributed by atoms with Gasteiger partial charge in [0.1, 0.15) is 5.82 Å². The van der Waals surface area contributed by atoms with Gasteiger partial charge in [0.25, 0.3) is 0 Å². The van der Waals surface area contributed by atoms with E-state index in [1.54, 1.807) is 6.20 Å². The second-order valence-corrected chi connectivity index (χ2v) is 4.14. The number of nitrogens with zero attached hydrogens (tertiary/aromatic N) is 1. The lowest BCUT2D eigenvalue weighted by Gasteiger charge is -2.10. The summed E-state index contributed by atoms with van der Waals surface area (Å²) in [6.45, 7) is 2.94. The molecule has 0 spiro atoms. The lowest BCUT2D eigenvalue weighted by atomic mass is 10.2. The second kappa shape index (κ2) is 5.45. The Balaban J connectivity index is 2.50. The molecule has 1 unspecified atom stereocenters. The first-order chi connectivity index (χ1) is 6.24. The van der Waals surface area contributed by atoms with E-state index in [0.717, 1.165) is 16.8 Å². The van der Waals surface area contributed by atoms with E-state index in [1.807, 2.05) is 12.1 Å². The summed E-state index contributed by atoms with van der Waals surface area (Å²) in [6.07, 6.45) is 1.76. The van der Waals surface area contributed by atoms with Crippen LogP contribution in [0.2, 0.25) is 0 Å². The normalized spacial score (nSPS) is 12.5. The minimum Gasteiger partial charge on any atom is -0.369 e. The fourth-order valence-corrected chi connectivity index (χ4v) is 1.35. The van der Waals surface area contributed by atoms with Crippen LogP contribution in [0.15, 0.2) is 22.8 Å². The molecule has 4 heteroatoms. The molecule has 1 heterocycles. The number of pyridine rings is 1. The smallest absolute Gasteiger partial charge is 0.140 e. The molecule has 0 fully saturated rings. The summed E-state index contributed by atoms with van der Waals surface area (Å²) in [5.74, 6) is 1.99. The van der Waals surface area contributed by atoms with Crippen LogP contribution in [0, 0.1) is 5.92 Å². The van der Waals surface area contributed by atoms with E-state index in [-0.39, 0.29) is 0 Å². The van der Waals surface area contributed by atoms with E-state index in [9.17, 15) is 0 Å². The van der Waals surface area contributed by atoms with E-state index in [4.69, 9.17) is 11.6 Å². The Morgan fingerprint density at radius 2 is 2.46 bits per heavy atom. The molecular formula is C9H12BrClN2. The van der Waals surface area contributed by atoms with Crippen LogP contribution in [0.5, 0.6) is 0 Å². The number of hydrogen-bond donors (Lipinski definition) is 1. The average molecular weight is 264 g/mol. The number of nitrogens with one attached hydrogen (secondary N) is 1. The molecule has 0 bridgehead atoms. The Kier molecular flexibility index (Phi) is 4.53. The number of anilines is 1. The molecule has 0 aliphatic heterocycles. The SMILES string of the molecule is CC(CCl)CNc1ncccc1Br. The van der Waals surface area contributed by atoms with E-state index in [1.165, 1.54) is 0 Å². The van der Waals surface area contributed by atoms with Crippen LogP contribution in [0.4, 0.5) is 5.82 Å². The molecular weight excluding hydrogens is 251 g/mol. The molecule has 0 amide bonds. The average Bonchev–Trinajstić information content (AvgIpc) is 2.16. The molecule has 1 N–H and O–H groups in total. The zero-order valence-corrected chi connectivity index (χ0v) is 9.77. The predicted molar refractivity (Wildman–Crippen MR) is 60.3 cm³/mol. The predicted octanol–water partition coefficient (Wildman–Crippen LogP) is 3.13. The summed E-state index contributed by atoms with van der Waals surface area (Å²) < 4.78 is 0.983. The van der Waals surface area contributed by atoms with Crippen LogP contribution in [0.1, 0.15) is 6.92 Å². The lowest BCUT2D eigenvalue weighted by Crippen LogP contribution is -2.13. The lowest BCUT2D eigenvalue weighted by molar-refractivity contribution is 0.694. The van der Waals surface area contributed by atoms with Gasteiger partial charge in [0.15, 0.2) is 0 Å². The van der Waals surface area contributed by atoms with Gasteiger partial charge in [-0.15, -0.1) is 11.6 Å². The second-order valence-electron chi connectivity index (χ2n) is 2.97. The third-order valence-electron chi connectivity index (χ3n) is 1.64. The zero-order chi connectivity index (χ0) is 9.68. The molecule has 0 aliphatic carbocycles. The van der Waals surface area contributed by atoms with Crippen molar-refractivity contribution in [3.05, 3.63) is 22.8 Å². The van der Waals surface area contributed by atoms with E-state index in [0.29, 0.717) is 11.8 Å². The highest BCUT2D eigenvalue weighted by Crippen LogP contribution is 2.18. The highest BCUT2D eigenvalue weighted by Gasteiger charge is 2.02. The molecule has 72 valence electrons. The van der Waals surface area contributed by atoms with Crippen LogP contribution >= 0.6 is 27.5 Å². The largest absolute Gasteiger partial charge is 0.369 e. The molecule has 0 saturated heterocycles. The Labute approximate surface area is 91.8 Å². The number of halogens is 2. The summed E-state index contributed by atoms with van der Waals surface area (Å²) in [4.78, 5) is 4.18. The number of aromatic nitrogens is 1. The Bertz CT molecular complexity index is 268. The molecule has 0 radical (unpaired) electrons. The van der Waals surface area contributed by atoms with Gasteiger partial charge in [-0.2, -0.15) is 0 Å². The summed E-state index contributed by atoms with van der Waals surface area (Å²) in [7, 11) is 0. The van der Waals surface area contributed by atoms with Crippen molar-refractivity contribution in [2.24, 2.45) is 5.92 Å². The van der Waals surface area contributed by atoms with Crippen molar-refractivity contribution in [1.82, 2.24) is 4.98 Å². The molecule has 1 aromatic heterocycles. The van der Waals surface area contributed by atoms with Crippen molar-refractivity contribution >= 4 is 33.3 Å². The number of rotatable bonds is 4. The first kappa shape index (κ1) is 10.8. The monoisotopic (exact) mass is 262 g/mol. The third kappa shape index (κ3) is 3.53. The molecule has 1 aromatic rings. The highest BCUT2D eigenvalue weighted by molar-refractivity contribution is 9.10. The first-order valence-electron chi connectivity index (χ1n) is 4.14. The van der Waals surface area contributed by atoms with E-state index in [2.05, 4.69) is 33.2 Å². The van der Waals surface area contributed by atoms with Crippen LogP contribution in [0.25, 0.3) is 0 Å². The summed E-state index contributed by atoms with van der Waals surface area (Å²) in [5, 5.41) is 3.22. The Morgan fingerprint density at radius 3 is 3.08 bits per heavy atom. The fraction of sp³-hybridized carbons (Fsp3) is 0.444. The van der Waals surface area contributed by atoms with Crippen molar-refractivity contribution in [1.29, 1.82) is 0 Å². The molecule has 0 aromatic carbocycles. The first-order valence-corrected chi connectivity index (χ1v) is 5.47. The standard InChI is InChI=1S/C9H12BrClN2/c1-7(5-11)6-13-9-8(10)3-2-4-12-9/h2-4,7H,5-6H2,1H3,(H,12,13).